The van der Waals surface area contributed by atoms with Crippen molar-refractivity contribution in [1.29, 1.82) is 0 Å². The van der Waals surface area contributed by atoms with Gasteiger partial charge < -0.3 is 5.11 Å². The molecule has 0 aromatic heterocycles. The van der Waals surface area contributed by atoms with Crippen LogP contribution in [0.1, 0.15) is 10.4 Å². The minimum Gasteiger partial charge on any atom is -0.463 e. The number of thiol groups is 2. The molecule has 5 nitrogen and oxygen atoms in total. The molecule has 0 radical (unpaired) electrons. The summed E-state index contributed by atoms with van der Waals surface area (Å²) in [6.07, 6.45) is -1.39. The largest absolute Gasteiger partial charge is 0.463 e. The zero-order chi connectivity index (χ0) is 11.4. The van der Waals surface area contributed by atoms with E-state index < -0.39 is 12.0 Å². The van der Waals surface area contributed by atoms with Gasteiger partial charge in [-0.3, -0.25) is 4.79 Å². The summed E-state index contributed by atoms with van der Waals surface area (Å²) in [5.41, 5.74) is 0.327. The Morgan fingerprint density at radius 3 is 2.07 bits per heavy atom. The standard InChI is InChI=1S/C8H8N2O3S2/c11-7(6-4-2-1-3-5-6)9(14)10(15)8(12)13/h1-5,14-15H,(H,12,13). The molecule has 0 aliphatic rings. The number of benzene rings is 1. The van der Waals surface area contributed by atoms with Crippen LogP contribution in [0, 0.1) is 0 Å². The van der Waals surface area contributed by atoms with Crippen molar-refractivity contribution in [3.8, 4) is 0 Å². The van der Waals surface area contributed by atoms with Crippen LogP contribution >= 0.6 is 25.6 Å². The number of carbonyl (C=O) groups excluding carboxylic acids is 1. The Morgan fingerprint density at radius 1 is 1.07 bits per heavy atom. The van der Waals surface area contributed by atoms with Crippen molar-refractivity contribution in [1.82, 2.24) is 8.83 Å². The lowest BCUT2D eigenvalue weighted by Crippen LogP contribution is -2.37. The molecule has 1 rings (SSSR count). The molecule has 2 amide bonds. The fourth-order valence-electron chi connectivity index (χ4n) is 0.863. The van der Waals surface area contributed by atoms with Crippen molar-refractivity contribution >= 4 is 37.6 Å². The zero-order valence-corrected chi connectivity index (χ0v) is 9.23. The van der Waals surface area contributed by atoms with E-state index in [1.165, 1.54) is 0 Å². The summed E-state index contributed by atoms with van der Waals surface area (Å²) in [4.78, 5) is 22.1. The van der Waals surface area contributed by atoms with E-state index in [2.05, 4.69) is 25.6 Å². The average Bonchev–Trinajstić information content (AvgIpc) is 2.27. The van der Waals surface area contributed by atoms with Gasteiger partial charge in [0.2, 0.25) is 0 Å². The van der Waals surface area contributed by atoms with Gasteiger partial charge in [-0.1, -0.05) is 18.2 Å². The molecule has 15 heavy (non-hydrogen) atoms. The van der Waals surface area contributed by atoms with Gasteiger partial charge in [0.15, 0.2) is 0 Å². The number of amides is 2. The molecule has 1 aromatic rings. The number of rotatable bonds is 1. The summed E-state index contributed by atoms with van der Waals surface area (Å²) >= 11 is 7.30. The number of nitrogens with zero attached hydrogens (tertiary/aromatic N) is 2. The first-order valence-electron chi connectivity index (χ1n) is 3.84. The molecule has 0 atom stereocenters. The highest BCUT2D eigenvalue weighted by molar-refractivity contribution is 7.81. The molecular formula is C8H8N2O3S2. The van der Waals surface area contributed by atoms with Crippen LogP contribution < -0.4 is 0 Å². The van der Waals surface area contributed by atoms with Gasteiger partial charge in [0.25, 0.3) is 5.91 Å². The van der Waals surface area contributed by atoms with Crippen LogP contribution in [0.3, 0.4) is 0 Å². The molecule has 0 spiro atoms. The number of hydrogen-bond donors (Lipinski definition) is 3. The highest BCUT2D eigenvalue weighted by Crippen LogP contribution is 2.12. The molecule has 80 valence electrons. The molecule has 0 bridgehead atoms. The van der Waals surface area contributed by atoms with Gasteiger partial charge in [0, 0.05) is 5.56 Å². The van der Waals surface area contributed by atoms with Crippen molar-refractivity contribution < 1.29 is 14.7 Å². The van der Waals surface area contributed by atoms with Crippen molar-refractivity contribution in [3.63, 3.8) is 0 Å². The van der Waals surface area contributed by atoms with Gasteiger partial charge in [-0.05, 0) is 37.8 Å². The van der Waals surface area contributed by atoms with E-state index in [1.54, 1.807) is 30.3 Å². The zero-order valence-electron chi connectivity index (χ0n) is 7.44. The van der Waals surface area contributed by atoms with E-state index in [0.717, 1.165) is 0 Å². The summed E-state index contributed by atoms with van der Waals surface area (Å²) in [6.45, 7) is 0. The second-order valence-electron chi connectivity index (χ2n) is 2.53. The lowest BCUT2D eigenvalue weighted by molar-refractivity contribution is 0.0697. The minimum atomic E-state index is -1.39. The minimum absolute atomic E-state index is 0.327. The fraction of sp³-hybridized carbons (Fsp3) is 0. The normalized spacial score (nSPS) is 9.47. The number of hydrazine groups is 1. The van der Waals surface area contributed by atoms with Gasteiger partial charge in [0.1, 0.15) is 0 Å². The van der Waals surface area contributed by atoms with Crippen LogP contribution in [-0.2, 0) is 0 Å². The van der Waals surface area contributed by atoms with Gasteiger partial charge in [0.05, 0.1) is 0 Å². The molecule has 0 fully saturated rings. The molecule has 0 unspecified atom stereocenters. The maximum atomic E-state index is 11.6. The molecular weight excluding hydrogens is 236 g/mol. The fourth-order valence-corrected chi connectivity index (χ4v) is 1.14. The molecule has 1 N–H and O–H groups in total. The van der Waals surface area contributed by atoms with Crippen molar-refractivity contribution in [2.45, 2.75) is 0 Å². The number of carbonyl (C=O) groups is 2. The first-order chi connectivity index (χ1) is 7.04. The van der Waals surface area contributed by atoms with Crippen LogP contribution in [0.2, 0.25) is 0 Å². The molecule has 7 heteroatoms. The average molecular weight is 244 g/mol. The van der Waals surface area contributed by atoms with Crippen LogP contribution in [0.5, 0.6) is 0 Å². The highest BCUT2D eigenvalue weighted by atomic mass is 32.1. The smallest absolute Gasteiger partial charge is 0.437 e. The van der Waals surface area contributed by atoms with E-state index in [9.17, 15) is 9.59 Å². The predicted molar refractivity (Wildman–Crippen MR) is 60.4 cm³/mol. The van der Waals surface area contributed by atoms with Crippen LogP contribution in [-0.4, -0.2) is 25.9 Å². The molecule has 0 saturated heterocycles. The summed E-state index contributed by atoms with van der Waals surface area (Å²) in [7, 11) is 0. The summed E-state index contributed by atoms with van der Waals surface area (Å²) in [5, 5.41) is 8.55. The Labute approximate surface area is 97.3 Å². The number of carboxylic acid groups (broad SMARTS) is 1. The van der Waals surface area contributed by atoms with Crippen molar-refractivity contribution in [2.75, 3.05) is 0 Å². The molecule has 0 aliphatic carbocycles. The summed E-state index contributed by atoms with van der Waals surface area (Å²) in [5.74, 6) is -0.573. The Bertz CT molecular complexity index is 371. The van der Waals surface area contributed by atoms with Crippen molar-refractivity contribution in [2.24, 2.45) is 0 Å². The third-order valence-electron chi connectivity index (χ3n) is 1.55. The maximum absolute atomic E-state index is 11.6. The van der Waals surface area contributed by atoms with Gasteiger partial charge in [-0.25, -0.2) is 4.79 Å². The second-order valence-corrected chi connectivity index (χ2v) is 3.29. The van der Waals surface area contributed by atoms with Crippen LogP contribution in [0.25, 0.3) is 0 Å². The maximum Gasteiger partial charge on any atom is 0.437 e. The van der Waals surface area contributed by atoms with Gasteiger partial charge >= 0.3 is 6.09 Å². The van der Waals surface area contributed by atoms with E-state index >= 15 is 0 Å². The topological polar surface area (TPSA) is 60.9 Å². The quantitative estimate of drug-likeness (QED) is 0.520. The Hall–Kier alpha value is -1.34. The SMILES string of the molecule is O=C(O)N(S)N(S)C(=O)c1ccccc1. The van der Waals surface area contributed by atoms with E-state index in [1.807, 2.05) is 0 Å². The third kappa shape index (κ3) is 2.80. The molecule has 0 heterocycles. The highest BCUT2D eigenvalue weighted by Gasteiger charge is 2.21. The van der Waals surface area contributed by atoms with Gasteiger partial charge in [-0.15, -0.1) is 4.41 Å². The first kappa shape index (κ1) is 11.7. The summed E-state index contributed by atoms with van der Waals surface area (Å²) in [6, 6.07) is 8.18. The van der Waals surface area contributed by atoms with Gasteiger partial charge in [-0.2, -0.15) is 4.41 Å². The Balaban J connectivity index is 2.82. The number of hydrogen-bond acceptors (Lipinski definition) is 4. The van der Waals surface area contributed by atoms with Crippen LogP contribution in [0.15, 0.2) is 30.3 Å². The molecule has 0 saturated carbocycles. The molecule has 1 aromatic carbocycles. The molecule has 0 aliphatic heterocycles. The lowest BCUT2D eigenvalue weighted by atomic mass is 10.2. The van der Waals surface area contributed by atoms with E-state index in [4.69, 9.17) is 5.11 Å². The lowest BCUT2D eigenvalue weighted by Gasteiger charge is -2.21. The van der Waals surface area contributed by atoms with E-state index in [0.29, 0.717) is 14.4 Å². The van der Waals surface area contributed by atoms with Crippen LogP contribution in [0.4, 0.5) is 4.79 Å². The second kappa shape index (κ2) is 4.94. The summed E-state index contributed by atoms with van der Waals surface area (Å²) < 4.78 is 0.985. The first-order valence-corrected chi connectivity index (χ1v) is 4.64. The monoisotopic (exact) mass is 244 g/mol. The Morgan fingerprint density at radius 2 is 1.60 bits per heavy atom. The predicted octanol–water partition coefficient (Wildman–Crippen LogP) is 1.71. The van der Waals surface area contributed by atoms with Crippen molar-refractivity contribution in [3.05, 3.63) is 35.9 Å². The Kier molecular flexibility index (Phi) is 3.87. The van der Waals surface area contributed by atoms with E-state index in [-0.39, 0.29) is 0 Å². The third-order valence-corrected chi connectivity index (χ3v) is 2.40.